The van der Waals surface area contributed by atoms with Gasteiger partial charge in [-0.15, -0.1) is 0 Å². The number of hydrogen-bond acceptors (Lipinski definition) is 4. The molecule has 0 spiro atoms. The van der Waals surface area contributed by atoms with Gasteiger partial charge in [-0.2, -0.15) is 0 Å². The van der Waals surface area contributed by atoms with E-state index in [9.17, 15) is 5.11 Å². The Morgan fingerprint density at radius 2 is 2.00 bits per heavy atom. The van der Waals surface area contributed by atoms with Crippen LogP contribution < -0.4 is 14.8 Å². The van der Waals surface area contributed by atoms with Crippen LogP contribution in [0.5, 0.6) is 11.5 Å². The topological polar surface area (TPSA) is 50.7 Å². The van der Waals surface area contributed by atoms with Crippen LogP contribution in [0.25, 0.3) is 0 Å². The number of aliphatic hydroxyl groups is 1. The summed E-state index contributed by atoms with van der Waals surface area (Å²) in [5.41, 5.74) is 1.81. The average Bonchev–Trinajstić information content (AvgIpc) is 2.92. The van der Waals surface area contributed by atoms with Gasteiger partial charge in [0.25, 0.3) is 0 Å². The highest BCUT2D eigenvalue weighted by Gasteiger charge is 2.16. The smallest absolute Gasteiger partial charge is 0.231 e. The molecule has 2 N–H and O–H groups in total. The zero-order chi connectivity index (χ0) is 13.9. The fourth-order valence-corrected chi connectivity index (χ4v) is 2.59. The van der Waals surface area contributed by atoms with Gasteiger partial charge in [-0.05, 0) is 58.5 Å². The number of ether oxygens (including phenoxy) is 2. The summed E-state index contributed by atoms with van der Waals surface area (Å²) in [5.74, 6) is 1.42. The van der Waals surface area contributed by atoms with Crippen molar-refractivity contribution >= 4 is 28.3 Å². The average molecular weight is 383 g/mol. The van der Waals surface area contributed by atoms with Crippen LogP contribution in [0.2, 0.25) is 0 Å². The number of aliphatic hydroxyl groups excluding tert-OH is 1. The Bertz CT molecular complexity index is 618. The lowest BCUT2D eigenvalue weighted by Gasteiger charge is -2.14. The van der Waals surface area contributed by atoms with E-state index in [1.807, 2.05) is 42.5 Å². The first-order valence-corrected chi connectivity index (χ1v) is 7.37. The third-order valence-corrected chi connectivity index (χ3v) is 3.78. The standard InChI is InChI=1S/C15H14INO3/c16-11-2-1-3-12(7-11)17-8-13(18)10-4-5-14-15(6-10)20-9-19-14/h1-7,13,17-18H,8-9H2. The van der Waals surface area contributed by atoms with E-state index in [0.29, 0.717) is 12.3 Å². The van der Waals surface area contributed by atoms with Crippen molar-refractivity contribution in [2.45, 2.75) is 6.10 Å². The maximum atomic E-state index is 10.2. The highest BCUT2D eigenvalue weighted by atomic mass is 127. The van der Waals surface area contributed by atoms with Crippen LogP contribution in [0, 0.1) is 3.57 Å². The molecule has 0 aliphatic carbocycles. The van der Waals surface area contributed by atoms with Crippen LogP contribution in [0.1, 0.15) is 11.7 Å². The first kappa shape index (κ1) is 13.5. The number of rotatable bonds is 4. The molecule has 20 heavy (non-hydrogen) atoms. The second-order valence-corrected chi connectivity index (χ2v) is 5.77. The molecule has 1 heterocycles. The minimum atomic E-state index is -0.595. The number of benzene rings is 2. The van der Waals surface area contributed by atoms with Crippen molar-refractivity contribution in [1.29, 1.82) is 0 Å². The van der Waals surface area contributed by atoms with Gasteiger partial charge in [0.1, 0.15) is 0 Å². The van der Waals surface area contributed by atoms with Gasteiger partial charge in [0.15, 0.2) is 11.5 Å². The lowest BCUT2D eigenvalue weighted by molar-refractivity contribution is 0.173. The summed E-state index contributed by atoms with van der Waals surface area (Å²) >= 11 is 2.26. The molecule has 2 aromatic carbocycles. The predicted molar refractivity (Wildman–Crippen MR) is 85.2 cm³/mol. The highest BCUT2D eigenvalue weighted by molar-refractivity contribution is 14.1. The van der Waals surface area contributed by atoms with E-state index in [4.69, 9.17) is 9.47 Å². The third-order valence-electron chi connectivity index (χ3n) is 3.11. The number of halogens is 1. The van der Waals surface area contributed by atoms with E-state index in [-0.39, 0.29) is 6.79 Å². The van der Waals surface area contributed by atoms with Crippen molar-refractivity contribution < 1.29 is 14.6 Å². The summed E-state index contributed by atoms with van der Waals surface area (Å²) in [6, 6.07) is 13.5. The minimum Gasteiger partial charge on any atom is -0.454 e. The van der Waals surface area contributed by atoms with Crippen LogP contribution in [0.4, 0.5) is 5.69 Å². The van der Waals surface area contributed by atoms with E-state index in [1.54, 1.807) is 0 Å². The van der Waals surface area contributed by atoms with Crippen LogP contribution in [0.15, 0.2) is 42.5 Å². The Hall–Kier alpha value is -1.47. The molecule has 0 saturated carbocycles. The summed E-state index contributed by atoms with van der Waals surface area (Å²) in [7, 11) is 0. The lowest BCUT2D eigenvalue weighted by Crippen LogP contribution is -2.12. The summed E-state index contributed by atoms with van der Waals surface area (Å²) in [5, 5.41) is 13.4. The van der Waals surface area contributed by atoms with Gasteiger partial charge in [-0.3, -0.25) is 0 Å². The molecular weight excluding hydrogens is 369 g/mol. The molecule has 1 atom stereocenters. The number of hydrogen-bond donors (Lipinski definition) is 2. The summed E-state index contributed by atoms with van der Waals surface area (Å²) in [6.45, 7) is 0.690. The Balaban J connectivity index is 1.66. The molecule has 0 aromatic heterocycles. The largest absolute Gasteiger partial charge is 0.454 e. The molecule has 0 bridgehead atoms. The van der Waals surface area contributed by atoms with Crippen molar-refractivity contribution in [1.82, 2.24) is 0 Å². The first-order chi connectivity index (χ1) is 9.72. The highest BCUT2D eigenvalue weighted by Crippen LogP contribution is 2.34. The molecule has 104 valence electrons. The van der Waals surface area contributed by atoms with Crippen molar-refractivity contribution in [2.75, 3.05) is 18.7 Å². The Morgan fingerprint density at radius 1 is 1.15 bits per heavy atom. The van der Waals surface area contributed by atoms with E-state index < -0.39 is 6.10 Å². The lowest BCUT2D eigenvalue weighted by atomic mass is 10.1. The predicted octanol–water partition coefficient (Wildman–Crippen LogP) is 3.17. The van der Waals surface area contributed by atoms with Gasteiger partial charge in [0.2, 0.25) is 6.79 Å². The normalized spacial score (nSPS) is 14.1. The molecule has 0 radical (unpaired) electrons. The van der Waals surface area contributed by atoms with Crippen molar-refractivity contribution in [2.24, 2.45) is 0 Å². The number of nitrogens with one attached hydrogen (secondary N) is 1. The first-order valence-electron chi connectivity index (χ1n) is 6.29. The molecule has 3 rings (SSSR count). The molecule has 0 amide bonds. The fraction of sp³-hybridized carbons (Fsp3) is 0.200. The number of fused-ring (bicyclic) bond motifs is 1. The van der Waals surface area contributed by atoms with Crippen LogP contribution >= 0.6 is 22.6 Å². The molecular formula is C15H14INO3. The molecule has 0 saturated heterocycles. The zero-order valence-electron chi connectivity index (χ0n) is 10.7. The van der Waals surface area contributed by atoms with Gasteiger partial charge < -0.3 is 19.9 Å². The van der Waals surface area contributed by atoms with E-state index >= 15 is 0 Å². The van der Waals surface area contributed by atoms with Gasteiger partial charge in [-0.25, -0.2) is 0 Å². The summed E-state index contributed by atoms with van der Waals surface area (Å²) < 4.78 is 11.7. The van der Waals surface area contributed by atoms with Gasteiger partial charge >= 0.3 is 0 Å². The molecule has 4 nitrogen and oxygen atoms in total. The minimum absolute atomic E-state index is 0.246. The summed E-state index contributed by atoms with van der Waals surface area (Å²) in [6.07, 6.45) is -0.595. The van der Waals surface area contributed by atoms with Crippen molar-refractivity contribution in [3.63, 3.8) is 0 Å². The van der Waals surface area contributed by atoms with Crippen LogP contribution in [-0.2, 0) is 0 Å². The third kappa shape index (κ3) is 2.99. The van der Waals surface area contributed by atoms with E-state index in [2.05, 4.69) is 27.9 Å². The van der Waals surface area contributed by atoms with Gasteiger partial charge in [0.05, 0.1) is 6.10 Å². The number of anilines is 1. The Kier molecular flexibility index (Phi) is 3.98. The van der Waals surface area contributed by atoms with Crippen LogP contribution in [-0.4, -0.2) is 18.4 Å². The maximum absolute atomic E-state index is 10.2. The van der Waals surface area contributed by atoms with Crippen LogP contribution in [0.3, 0.4) is 0 Å². The van der Waals surface area contributed by atoms with Crippen molar-refractivity contribution in [3.8, 4) is 11.5 Å². The van der Waals surface area contributed by atoms with Crippen molar-refractivity contribution in [3.05, 3.63) is 51.6 Å². The second-order valence-electron chi connectivity index (χ2n) is 4.52. The molecule has 1 aliphatic rings. The van der Waals surface area contributed by atoms with Gasteiger partial charge in [0, 0.05) is 15.8 Å². The van der Waals surface area contributed by atoms with Gasteiger partial charge in [-0.1, -0.05) is 12.1 Å². The molecule has 0 fully saturated rings. The maximum Gasteiger partial charge on any atom is 0.231 e. The second kappa shape index (κ2) is 5.88. The fourth-order valence-electron chi connectivity index (χ4n) is 2.05. The van der Waals surface area contributed by atoms with E-state index in [1.165, 1.54) is 0 Å². The molecule has 1 aliphatic heterocycles. The molecule has 1 unspecified atom stereocenters. The SMILES string of the molecule is OC(CNc1cccc(I)c1)c1ccc2c(c1)OCO2. The Labute approximate surface area is 130 Å². The quantitative estimate of drug-likeness (QED) is 0.797. The summed E-state index contributed by atoms with van der Waals surface area (Å²) in [4.78, 5) is 0. The monoisotopic (exact) mass is 383 g/mol. The molecule has 2 aromatic rings. The zero-order valence-corrected chi connectivity index (χ0v) is 12.8. The van der Waals surface area contributed by atoms with E-state index in [0.717, 1.165) is 20.6 Å². The Morgan fingerprint density at radius 3 is 2.85 bits per heavy atom. The molecule has 5 heteroatoms.